The molecule has 1 aromatic heterocycles. The molecule has 0 aliphatic carbocycles. The maximum atomic E-state index is 12.3. The van der Waals surface area contributed by atoms with E-state index in [0.29, 0.717) is 16.4 Å². The van der Waals surface area contributed by atoms with Crippen molar-refractivity contribution in [1.82, 2.24) is 9.13 Å². The highest BCUT2D eigenvalue weighted by Gasteiger charge is 2.16. The number of imidazole rings is 1. The molecular formula is C13H10ClIN2O2. The average Bonchev–Trinajstić information content (AvgIpc) is 2.60. The maximum Gasteiger partial charge on any atom is 0.336 e. The van der Waals surface area contributed by atoms with E-state index in [1.165, 1.54) is 9.13 Å². The molecule has 1 aromatic carbocycles. The van der Waals surface area contributed by atoms with E-state index in [0.717, 1.165) is 0 Å². The largest absolute Gasteiger partial charge is 0.493 e. The second kappa shape index (κ2) is 5.72. The number of rotatable bonds is 2. The standard InChI is InChI=1S/C13H10ClIN2O2/c1-9-12(18)17(11-5-3-10(14)4-6-11)13(19)16(9)8-2-7-15/h3-6,18H,8H2,1H3. The highest BCUT2D eigenvalue weighted by atomic mass is 127. The molecule has 0 aliphatic heterocycles. The van der Waals surface area contributed by atoms with Crippen LogP contribution in [0.25, 0.3) is 5.69 Å². The van der Waals surface area contributed by atoms with Gasteiger partial charge in [0.25, 0.3) is 0 Å². The van der Waals surface area contributed by atoms with Crippen molar-refractivity contribution >= 4 is 34.2 Å². The number of halogens is 2. The number of hydrogen-bond donors (Lipinski definition) is 1. The zero-order valence-corrected chi connectivity index (χ0v) is 12.9. The summed E-state index contributed by atoms with van der Waals surface area (Å²) >= 11 is 7.72. The van der Waals surface area contributed by atoms with Gasteiger partial charge in [0.05, 0.1) is 17.9 Å². The molecule has 2 rings (SSSR count). The molecular weight excluding hydrogens is 379 g/mol. The molecule has 0 aliphatic rings. The van der Waals surface area contributed by atoms with Crippen LogP contribution in [-0.2, 0) is 6.54 Å². The Balaban J connectivity index is 2.61. The molecule has 1 N–H and O–H groups in total. The van der Waals surface area contributed by atoms with Gasteiger partial charge in [-0.3, -0.25) is 4.57 Å². The van der Waals surface area contributed by atoms with Crippen LogP contribution in [0.5, 0.6) is 5.88 Å². The first-order valence-corrected chi connectivity index (χ1v) is 6.87. The van der Waals surface area contributed by atoms with Crippen LogP contribution in [0.15, 0.2) is 29.1 Å². The Morgan fingerprint density at radius 2 is 2.00 bits per heavy atom. The van der Waals surface area contributed by atoms with Crippen molar-refractivity contribution in [2.45, 2.75) is 13.5 Å². The molecule has 19 heavy (non-hydrogen) atoms. The van der Waals surface area contributed by atoms with E-state index in [1.54, 1.807) is 31.2 Å². The fourth-order valence-electron chi connectivity index (χ4n) is 1.76. The summed E-state index contributed by atoms with van der Waals surface area (Å²) < 4.78 is 5.36. The SMILES string of the molecule is Cc1c(O)n(-c2ccc(Cl)cc2)c(=O)n1CC#CI. The lowest BCUT2D eigenvalue weighted by molar-refractivity contribution is 0.436. The van der Waals surface area contributed by atoms with Crippen LogP contribution >= 0.6 is 34.2 Å². The summed E-state index contributed by atoms with van der Waals surface area (Å²) in [6.45, 7) is 1.93. The molecule has 0 radical (unpaired) electrons. The zero-order chi connectivity index (χ0) is 14.0. The van der Waals surface area contributed by atoms with Crippen molar-refractivity contribution in [1.29, 1.82) is 0 Å². The molecule has 0 fully saturated rings. The number of benzene rings is 1. The summed E-state index contributed by atoms with van der Waals surface area (Å²) in [7, 11) is 0. The Labute approximate surface area is 128 Å². The number of aromatic nitrogens is 2. The van der Waals surface area contributed by atoms with Crippen LogP contribution in [0.1, 0.15) is 5.69 Å². The quantitative estimate of drug-likeness (QED) is 0.635. The molecule has 98 valence electrons. The van der Waals surface area contributed by atoms with E-state index < -0.39 is 0 Å². The van der Waals surface area contributed by atoms with E-state index >= 15 is 0 Å². The smallest absolute Gasteiger partial charge is 0.336 e. The van der Waals surface area contributed by atoms with Crippen LogP contribution in [0.2, 0.25) is 5.02 Å². The Morgan fingerprint density at radius 1 is 1.37 bits per heavy atom. The highest BCUT2D eigenvalue weighted by molar-refractivity contribution is 14.1. The van der Waals surface area contributed by atoms with Crippen LogP contribution in [0.3, 0.4) is 0 Å². The average molecular weight is 389 g/mol. The first-order chi connectivity index (χ1) is 9.06. The first kappa shape index (κ1) is 14.0. The lowest BCUT2D eigenvalue weighted by Gasteiger charge is -2.02. The number of nitrogens with zero attached hydrogens (tertiary/aromatic N) is 2. The summed E-state index contributed by atoms with van der Waals surface area (Å²) in [5.41, 5.74) is 0.728. The van der Waals surface area contributed by atoms with Crippen molar-refractivity contribution < 1.29 is 5.11 Å². The lowest BCUT2D eigenvalue weighted by atomic mass is 10.3. The Bertz CT molecular complexity index is 720. The maximum absolute atomic E-state index is 12.3. The van der Waals surface area contributed by atoms with Crippen LogP contribution in [0, 0.1) is 16.8 Å². The molecule has 0 spiro atoms. The molecule has 0 bridgehead atoms. The van der Waals surface area contributed by atoms with Gasteiger partial charge in [0.2, 0.25) is 5.88 Å². The third-order valence-electron chi connectivity index (χ3n) is 2.75. The molecule has 0 saturated heterocycles. The summed E-state index contributed by atoms with van der Waals surface area (Å²) in [5, 5.41) is 10.7. The predicted molar refractivity (Wildman–Crippen MR) is 83.2 cm³/mol. The molecule has 1 heterocycles. The molecule has 0 amide bonds. The number of hydrogen-bond acceptors (Lipinski definition) is 2. The molecule has 0 atom stereocenters. The monoisotopic (exact) mass is 388 g/mol. The molecule has 2 aromatic rings. The van der Waals surface area contributed by atoms with Gasteiger partial charge in [-0.1, -0.05) is 17.5 Å². The Morgan fingerprint density at radius 3 is 2.58 bits per heavy atom. The van der Waals surface area contributed by atoms with Gasteiger partial charge in [-0.05, 0) is 35.1 Å². The molecule has 6 heteroatoms. The minimum Gasteiger partial charge on any atom is -0.493 e. The summed E-state index contributed by atoms with van der Waals surface area (Å²) in [6.07, 6.45) is 0. The van der Waals surface area contributed by atoms with Gasteiger partial charge in [-0.25, -0.2) is 9.36 Å². The molecule has 4 nitrogen and oxygen atoms in total. The van der Waals surface area contributed by atoms with Crippen molar-refractivity contribution in [3.63, 3.8) is 0 Å². The lowest BCUT2D eigenvalue weighted by Crippen LogP contribution is -2.23. The Kier molecular flexibility index (Phi) is 4.22. The number of aromatic hydroxyl groups is 1. The topological polar surface area (TPSA) is 47.2 Å². The van der Waals surface area contributed by atoms with Gasteiger partial charge in [-0.2, -0.15) is 0 Å². The van der Waals surface area contributed by atoms with Crippen molar-refractivity contribution in [2.24, 2.45) is 0 Å². The van der Waals surface area contributed by atoms with Gasteiger partial charge >= 0.3 is 5.69 Å². The molecule has 0 saturated carbocycles. The minimum absolute atomic E-state index is 0.0809. The van der Waals surface area contributed by atoms with Gasteiger partial charge in [0.15, 0.2) is 0 Å². The van der Waals surface area contributed by atoms with Crippen LogP contribution in [0.4, 0.5) is 0 Å². The van der Waals surface area contributed by atoms with E-state index in [9.17, 15) is 9.90 Å². The third-order valence-corrected chi connectivity index (χ3v) is 3.38. The normalized spacial score (nSPS) is 10.1. The second-order valence-electron chi connectivity index (χ2n) is 3.86. The summed E-state index contributed by atoms with van der Waals surface area (Å²) in [5.74, 6) is 2.72. The first-order valence-electron chi connectivity index (χ1n) is 5.41. The summed E-state index contributed by atoms with van der Waals surface area (Å²) in [6, 6.07) is 6.69. The van der Waals surface area contributed by atoms with Crippen LogP contribution in [-0.4, -0.2) is 14.2 Å². The van der Waals surface area contributed by atoms with E-state index in [-0.39, 0.29) is 18.1 Å². The van der Waals surface area contributed by atoms with Gasteiger partial charge in [0.1, 0.15) is 0 Å². The molecule has 0 unspecified atom stereocenters. The fourth-order valence-corrected chi connectivity index (χ4v) is 2.05. The Hall–Kier alpha value is -1.39. The van der Waals surface area contributed by atoms with Gasteiger partial charge < -0.3 is 5.11 Å². The van der Waals surface area contributed by atoms with Crippen molar-refractivity contribution in [2.75, 3.05) is 0 Å². The van der Waals surface area contributed by atoms with Crippen molar-refractivity contribution in [3.05, 3.63) is 45.5 Å². The van der Waals surface area contributed by atoms with E-state index in [2.05, 4.69) is 9.85 Å². The zero-order valence-electron chi connectivity index (χ0n) is 10.0. The van der Waals surface area contributed by atoms with Crippen molar-refractivity contribution in [3.8, 4) is 21.4 Å². The minimum atomic E-state index is -0.323. The predicted octanol–water partition coefficient (Wildman–Crippen LogP) is 2.70. The van der Waals surface area contributed by atoms with Gasteiger partial charge in [-0.15, -0.1) is 0 Å². The summed E-state index contributed by atoms with van der Waals surface area (Å²) in [4.78, 5) is 12.3. The van der Waals surface area contributed by atoms with Crippen LogP contribution < -0.4 is 5.69 Å². The second-order valence-corrected chi connectivity index (χ2v) is 4.84. The fraction of sp³-hybridized carbons (Fsp3) is 0.154. The highest BCUT2D eigenvalue weighted by Crippen LogP contribution is 2.20. The van der Waals surface area contributed by atoms with E-state index in [4.69, 9.17) is 11.6 Å². The van der Waals surface area contributed by atoms with E-state index in [1.807, 2.05) is 22.6 Å². The third kappa shape index (κ3) is 2.65. The van der Waals surface area contributed by atoms with Gasteiger partial charge in [0, 0.05) is 27.6 Å².